The van der Waals surface area contributed by atoms with Gasteiger partial charge in [-0.3, -0.25) is 14.4 Å². The lowest BCUT2D eigenvalue weighted by Gasteiger charge is -2.27. The number of rotatable bonds is 6. The molecule has 118 valence electrons. The van der Waals surface area contributed by atoms with E-state index < -0.39 is 11.9 Å². The van der Waals surface area contributed by atoms with E-state index in [0.29, 0.717) is 6.54 Å². The topological polar surface area (TPSA) is 77.9 Å². The van der Waals surface area contributed by atoms with Crippen molar-refractivity contribution in [3.8, 4) is 0 Å². The van der Waals surface area contributed by atoms with Crippen LogP contribution in [0.15, 0.2) is 0 Å². The van der Waals surface area contributed by atoms with Crippen LogP contribution in [0.3, 0.4) is 0 Å². The third-order valence-corrected chi connectivity index (χ3v) is 4.29. The van der Waals surface area contributed by atoms with Crippen LogP contribution in [-0.2, 0) is 14.4 Å². The fraction of sp³-hybridized carbons (Fsp3) is 0.800. The summed E-state index contributed by atoms with van der Waals surface area (Å²) in [4.78, 5) is 39.0. The first-order valence-corrected chi connectivity index (χ1v) is 7.64. The SMILES string of the molecule is CC(C)N1C[C@H](C(=O)N(C[C@@H](C)C(=O)O)C2CC2)CC1=O. The third-order valence-electron chi connectivity index (χ3n) is 4.29. The van der Waals surface area contributed by atoms with Crippen molar-refractivity contribution in [3.63, 3.8) is 0 Å². The zero-order chi connectivity index (χ0) is 15.7. The average Bonchev–Trinajstić information content (AvgIpc) is 3.16. The minimum Gasteiger partial charge on any atom is -0.481 e. The molecule has 0 aromatic heterocycles. The predicted octanol–water partition coefficient (Wildman–Crippen LogP) is 0.955. The lowest BCUT2D eigenvalue weighted by Crippen LogP contribution is -2.43. The minimum atomic E-state index is -0.889. The third kappa shape index (κ3) is 3.54. The van der Waals surface area contributed by atoms with E-state index >= 15 is 0 Å². The number of carbonyl (C=O) groups is 3. The molecular weight excluding hydrogens is 272 g/mol. The van der Waals surface area contributed by atoms with Crippen molar-refractivity contribution in [3.05, 3.63) is 0 Å². The molecule has 21 heavy (non-hydrogen) atoms. The van der Waals surface area contributed by atoms with Gasteiger partial charge in [-0.1, -0.05) is 6.92 Å². The van der Waals surface area contributed by atoms with Gasteiger partial charge < -0.3 is 14.9 Å². The molecule has 0 bridgehead atoms. The molecule has 6 nitrogen and oxygen atoms in total. The molecule has 0 radical (unpaired) electrons. The number of amides is 2. The molecule has 0 spiro atoms. The van der Waals surface area contributed by atoms with Crippen LogP contribution in [0, 0.1) is 11.8 Å². The Kier molecular flexibility index (Phi) is 4.54. The number of hydrogen-bond acceptors (Lipinski definition) is 3. The molecule has 0 aromatic rings. The Labute approximate surface area is 125 Å². The highest BCUT2D eigenvalue weighted by Gasteiger charge is 2.42. The van der Waals surface area contributed by atoms with Crippen molar-refractivity contribution in [2.45, 2.75) is 52.1 Å². The van der Waals surface area contributed by atoms with Gasteiger partial charge in [0.25, 0.3) is 0 Å². The van der Waals surface area contributed by atoms with Gasteiger partial charge in [0.05, 0.1) is 11.8 Å². The molecule has 1 heterocycles. The Morgan fingerprint density at radius 3 is 2.38 bits per heavy atom. The van der Waals surface area contributed by atoms with Crippen LogP contribution in [0.25, 0.3) is 0 Å². The van der Waals surface area contributed by atoms with Crippen molar-refractivity contribution in [2.75, 3.05) is 13.1 Å². The van der Waals surface area contributed by atoms with Crippen LogP contribution in [-0.4, -0.2) is 57.9 Å². The van der Waals surface area contributed by atoms with Crippen molar-refractivity contribution in [1.29, 1.82) is 0 Å². The number of likely N-dealkylation sites (tertiary alicyclic amines) is 1. The molecule has 2 amide bonds. The molecule has 1 saturated carbocycles. The van der Waals surface area contributed by atoms with Crippen LogP contribution in [0.2, 0.25) is 0 Å². The van der Waals surface area contributed by atoms with E-state index in [-0.39, 0.29) is 42.8 Å². The number of nitrogens with zero attached hydrogens (tertiary/aromatic N) is 2. The van der Waals surface area contributed by atoms with Gasteiger partial charge in [-0.15, -0.1) is 0 Å². The van der Waals surface area contributed by atoms with Crippen molar-refractivity contribution in [2.24, 2.45) is 11.8 Å². The number of carbonyl (C=O) groups excluding carboxylic acids is 2. The van der Waals surface area contributed by atoms with Crippen molar-refractivity contribution >= 4 is 17.8 Å². The molecule has 1 N–H and O–H groups in total. The quantitative estimate of drug-likeness (QED) is 0.792. The Hall–Kier alpha value is -1.59. The lowest BCUT2D eigenvalue weighted by atomic mass is 10.1. The van der Waals surface area contributed by atoms with E-state index in [4.69, 9.17) is 5.11 Å². The smallest absolute Gasteiger partial charge is 0.308 e. The first kappa shape index (κ1) is 15.8. The second-order valence-electron chi connectivity index (χ2n) is 6.50. The van der Waals surface area contributed by atoms with Gasteiger partial charge in [-0.25, -0.2) is 0 Å². The highest BCUT2D eigenvalue weighted by Crippen LogP contribution is 2.31. The standard InChI is InChI=1S/C15H24N2O4/c1-9(2)16-8-11(6-13(16)18)14(19)17(12-4-5-12)7-10(3)15(20)21/h9-12H,4-8H2,1-3H3,(H,20,21)/t10-,11-/m1/s1. The monoisotopic (exact) mass is 296 g/mol. The zero-order valence-corrected chi connectivity index (χ0v) is 12.9. The molecular formula is C15H24N2O4. The summed E-state index contributed by atoms with van der Waals surface area (Å²) < 4.78 is 0. The second kappa shape index (κ2) is 6.03. The van der Waals surface area contributed by atoms with Gasteiger partial charge in [-0.2, -0.15) is 0 Å². The molecule has 6 heteroatoms. The van der Waals surface area contributed by atoms with Crippen LogP contribution in [0.4, 0.5) is 0 Å². The highest BCUT2D eigenvalue weighted by molar-refractivity contribution is 5.90. The van der Waals surface area contributed by atoms with E-state index in [1.807, 2.05) is 13.8 Å². The fourth-order valence-electron chi connectivity index (χ4n) is 2.81. The lowest BCUT2D eigenvalue weighted by molar-refractivity contribution is -0.144. The van der Waals surface area contributed by atoms with E-state index in [1.54, 1.807) is 16.7 Å². The van der Waals surface area contributed by atoms with Gasteiger partial charge >= 0.3 is 5.97 Å². The number of hydrogen-bond donors (Lipinski definition) is 1. The Bertz CT molecular complexity index is 445. The molecule has 2 fully saturated rings. The van der Waals surface area contributed by atoms with Crippen LogP contribution in [0.1, 0.15) is 40.0 Å². The molecule has 1 aliphatic carbocycles. The maximum Gasteiger partial charge on any atom is 0.308 e. The summed E-state index contributed by atoms with van der Waals surface area (Å²) in [5, 5.41) is 9.04. The Morgan fingerprint density at radius 1 is 1.33 bits per heavy atom. The molecule has 2 atom stereocenters. The molecule has 0 unspecified atom stereocenters. The maximum atomic E-state index is 12.7. The summed E-state index contributed by atoms with van der Waals surface area (Å²) >= 11 is 0. The van der Waals surface area contributed by atoms with Crippen LogP contribution < -0.4 is 0 Å². The van der Waals surface area contributed by atoms with Crippen LogP contribution >= 0.6 is 0 Å². The van der Waals surface area contributed by atoms with Crippen LogP contribution in [0.5, 0.6) is 0 Å². The van der Waals surface area contributed by atoms with E-state index in [0.717, 1.165) is 12.8 Å². The molecule has 1 aliphatic heterocycles. The van der Waals surface area contributed by atoms with Gasteiger partial charge in [-0.05, 0) is 26.7 Å². The minimum absolute atomic E-state index is 0.0189. The summed E-state index contributed by atoms with van der Waals surface area (Å²) in [7, 11) is 0. The van der Waals surface area contributed by atoms with Gasteiger partial charge in [0.1, 0.15) is 0 Å². The second-order valence-corrected chi connectivity index (χ2v) is 6.50. The van der Waals surface area contributed by atoms with E-state index in [1.165, 1.54) is 0 Å². The predicted molar refractivity (Wildman–Crippen MR) is 76.5 cm³/mol. The Morgan fingerprint density at radius 2 is 1.95 bits per heavy atom. The normalized spacial score (nSPS) is 23.5. The molecule has 0 aromatic carbocycles. The van der Waals surface area contributed by atoms with Gasteiger partial charge in [0, 0.05) is 31.6 Å². The molecule has 2 rings (SSSR count). The summed E-state index contributed by atoms with van der Waals surface area (Å²) in [6.07, 6.45) is 2.13. The fourth-order valence-corrected chi connectivity index (χ4v) is 2.81. The molecule has 2 aliphatic rings. The average molecular weight is 296 g/mol. The van der Waals surface area contributed by atoms with Gasteiger partial charge in [0.2, 0.25) is 11.8 Å². The summed E-state index contributed by atoms with van der Waals surface area (Å²) in [5.41, 5.74) is 0. The Balaban J connectivity index is 2.02. The first-order chi connectivity index (χ1) is 9.81. The van der Waals surface area contributed by atoms with Crippen molar-refractivity contribution < 1.29 is 19.5 Å². The first-order valence-electron chi connectivity index (χ1n) is 7.64. The summed E-state index contributed by atoms with van der Waals surface area (Å²) in [6.45, 7) is 6.20. The highest BCUT2D eigenvalue weighted by atomic mass is 16.4. The number of carboxylic acids is 1. The van der Waals surface area contributed by atoms with E-state index in [9.17, 15) is 14.4 Å². The maximum absolute atomic E-state index is 12.7. The number of carboxylic acid groups (broad SMARTS) is 1. The zero-order valence-electron chi connectivity index (χ0n) is 12.9. The number of aliphatic carboxylic acids is 1. The molecule has 1 saturated heterocycles. The van der Waals surface area contributed by atoms with Gasteiger partial charge in [0.15, 0.2) is 0 Å². The van der Waals surface area contributed by atoms with E-state index in [2.05, 4.69) is 0 Å². The largest absolute Gasteiger partial charge is 0.481 e. The summed E-state index contributed by atoms with van der Waals surface area (Å²) in [6, 6.07) is 0.269. The summed E-state index contributed by atoms with van der Waals surface area (Å²) in [5.74, 6) is -1.82. The van der Waals surface area contributed by atoms with Crippen molar-refractivity contribution in [1.82, 2.24) is 9.80 Å².